The summed E-state index contributed by atoms with van der Waals surface area (Å²) < 4.78 is 13.7. The molecule has 1 N–H and O–H groups in total. The fourth-order valence-corrected chi connectivity index (χ4v) is 3.55. The van der Waals surface area contributed by atoms with Crippen molar-refractivity contribution in [3.63, 3.8) is 0 Å². The molecule has 1 aliphatic heterocycles. The number of halogens is 2. The van der Waals surface area contributed by atoms with Gasteiger partial charge in [-0.3, -0.25) is 9.59 Å². The third-order valence-electron chi connectivity index (χ3n) is 4.76. The van der Waals surface area contributed by atoms with E-state index in [1.54, 1.807) is 18.2 Å². The summed E-state index contributed by atoms with van der Waals surface area (Å²) in [4.78, 5) is 28.3. The molecule has 0 aromatic heterocycles. The Kier molecular flexibility index (Phi) is 6.52. The predicted molar refractivity (Wildman–Crippen MR) is 110 cm³/mol. The number of nitrogens with one attached hydrogen (secondary N) is 1. The van der Waals surface area contributed by atoms with Crippen molar-refractivity contribution in [2.75, 3.05) is 36.4 Å². The van der Waals surface area contributed by atoms with Crippen LogP contribution in [0.15, 0.2) is 42.5 Å². The van der Waals surface area contributed by atoms with Crippen LogP contribution in [-0.4, -0.2) is 42.9 Å². The Morgan fingerprint density at radius 1 is 1.11 bits per heavy atom. The first kappa shape index (κ1) is 20.1. The van der Waals surface area contributed by atoms with Gasteiger partial charge in [0.2, 0.25) is 5.91 Å². The second-order valence-electron chi connectivity index (χ2n) is 6.72. The molecule has 28 heavy (non-hydrogen) atoms. The molecule has 2 aromatic rings. The van der Waals surface area contributed by atoms with E-state index in [4.69, 9.17) is 11.6 Å². The number of benzene rings is 2. The molecular weight excluding hydrogens is 381 g/mol. The van der Waals surface area contributed by atoms with Gasteiger partial charge < -0.3 is 15.1 Å². The molecule has 7 heteroatoms. The molecular formula is C21H23ClFN3O2. The number of hydrogen-bond donors (Lipinski definition) is 1. The zero-order valence-corrected chi connectivity index (χ0v) is 16.5. The zero-order valence-electron chi connectivity index (χ0n) is 15.8. The molecule has 0 atom stereocenters. The van der Waals surface area contributed by atoms with E-state index in [0.29, 0.717) is 43.3 Å². The van der Waals surface area contributed by atoms with Gasteiger partial charge in [-0.15, -0.1) is 0 Å². The maximum atomic E-state index is 13.7. The number of anilines is 2. The van der Waals surface area contributed by atoms with Crippen LogP contribution in [0.4, 0.5) is 15.8 Å². The lowest BCUT2D eigenvalue weighted by atomic mass is 10.2. The van der Waals surface area contributed by atoms with Crippen LogP contribution >= 0.6 is 11.6 Å². The maximum absolute atomic E-state index is 13.7. The molecule has 5 nitrogen and oxygen atoms in total. The number of piperazine rings is 1. The Morgan fingerprint density at radius 2 is 1.82 bits per heavy atom. The van der Waals surface area contributed by atoms with Gasteiger partial charge in [-0.25, -0.2) is 4.39 Å². The molecule has 0 aliphatic carbocycles. The van der Waals surface area contributed by atoms with Crippen molar-refractivity contribution in [2.24, 2.45) is 0 Å². The van der Waals surface area contributed by atoms with E-state index in [0.717, 1.165) is 12.1 Å². The maximum Gasteiger partial charge on any atom is 0.258 e. The van der Waals surface area contributed by atoms with Crippen molar-refractivity contribution in [3.8, 4) is 0 Å². The minimum atomic E-state index is -0.571. The molecule has 0 radical (unpaired) electrons. The van der Waals surface area contributed by atoms with Gasteiger partial charge in [0.15, 0.2) is 0 Å². The second-order valence-corrected chi connectivity index (χ2v) is 7.13. The van der Waals surface area contributed by atoms with Crippen LogP contribution in [0.3, 0.4) is 0 Å². The highest BCUT2D eigenvalue weighted by molar-refractivity contribution is 6.33. The van der Waals surface area contributed by atoms with Crippen LogP contribution in [0.5, 0.6) is 0 Å². The van der Waals surface area contributed by atoms with Gasteiger partial charge in [0.05, 0.1) is 16.3 Å². The predicted octanol–water partition coefficient (Wildman–Crippen LogP) is 4.18. The summed E-state index contributed by atoms with van der Waals surface area (Å²) in [6.07, 6.45) is 1.43. The smallest absolute Gasteiger partial charge is 0.258 e. The van der Waals surface area contributed by atoms with E-state index >= 15 is 0 Å². The monoisotopic (exact) mass is 403 g/mol. The van der Waals surface area contributed by atoms with E-state index in [1.807, 2.05) is 17.9 Å². The second kappa shape index (κ2) is 9.06. The van der Waals surface area contributed by atoms with Crippen molar-refractivity contribution in [2.45, 2.75) is 19.8 Å². The molecule has 1 heterocycles. The standard InChI is InChI=1S/C21H23ClFN3O2/c1-2-5-20(27)26-12-10-25(11-13-26)19-9-8-15(14-17(19)22)24-21(28)16-6-3-4-7-18(16)23/h3-4,6-9,14H,2,5,10-13H2,1H3,(H,24,28). The largest absolute Gasteiger partial charge is 0.367 e. The highest BCUT2D eigenvalue weighted by atomic mass is 35.5. The van der Waals surface area contributed by atoms with Gasteiger partial charge in [-0.2, -0.15) is 0 Å². The van der Waals surface area contributed by atoms with E-state index in [1.165, 1.54) is 18.2 Å². The number of amides is 2. The summed E-state index contributed by atoms with van der Waals surface area (Å²) >= 11 is 6.42. The summed E-state index contributed by atoms with van der Waals surface area (Å²) in [7, 11) is 0. The molecule has 0 spiro atoms. The zero-order chi connectivity index (χ0) is 20.1. The first-order valence-corrected chi connectivity index (χ1v) is 9.75. The third kappa shape index (κ3) is 4.62. The molecule has 1 fully saturated rings. The molecule has 2 aromatic carbocycles. The Bertz CT molecular complexity index is 866. The van der Waals surface area contributed by atoms with Gasteiger partial charge in [-0.05, 0) is 36.8 Å². The number of rotatable bonds is 5. The first-order valence-electron chi connectivity index (χ1n) is 9.37. The van der Waals surface area contributed by atoms with Gasteiger partial charge in [-0.1, -0.05) is 30.7 Å². The molecule has 0 bridgehead atoms. The Morgan fingerprint density at radius 3 is 2.46 bits per heavy atom. The Balaban J connectivity index is 1.64. The number of nitrogens with zero attached hydrogens (tertiary/aromatic N) is 2. The molecule has 0 unspecified atom stereocenters. The number of carbonyl (C=O) groups excluding carboxylic acids is 2. The van der Waals surface area contributed by atoms with E-state index in [2.05, 4.69) is 10.2 Å². The van der Waals surface area contributed by atoms with Crippen molar-refractivity contribution in [1.82, 2.24) is 4.90 Å². The summed E-state index contributed by atoms with van der Waals surface area (Å²) in [5.41, 5.74) is 1.34. The first-order chi connectivity index (χ1) is 13.5. The van der Waals surface area contributed by atoms with Gasteiger partial charge in [0.1, 0.15) is 5.82 Å². The van der Waals surface area contributed by atoms with Gasteiger partial charge in [0.25, 0.3) is 5.91 Å². The average molecular weight is 404 g/mol. The lowest BCUT2D eigenvalue weighted by molar-refractivity contribution is -0.131. The van der Waals surface area contributed by atoms with Crippen LogP contribution in [0.2, 0.25) is 5.02 Å². The van der Waals surface area contributed by atoms with Gasteiger partial charge in [0, 0.05) is 38.3 Å². The quantitative estimate of drug-likeness (QED) is 0.814. The molecule has 2 amide bonds. The molecule has 0 saturated carbocycles. The van der Waals surface area contributed by atoms with Crippen molar-refractivity contribution >= 4 is 34.8 Å². The van der Waals surface area contributed by atoms with Crippen LogP contribution in [0.25, 0.3) is 0 Å². The van der Waals surface area contributed by atoms with Crippen LogP contribution < -0.4 is 10.2 Å². The molecule has 148 valence electrons. The summed E-state index contributed by atoms with van der Waals surface area (Å²) in [5.74, 6) is -0.900. The van der Waals surface area contributed by atoms with Crippen LogP contribution in [0.1, 0.15) is 30.1 Å². The highest BCUT2D eigenvalue weighted by Crippen LogP contribution is 2.30. The fourth-order valence-electron chi connectivity index (χ4n) is 3.25. The molecule has 1 aliphatic rings. The Hall–Kier alpha value is -2.60. The minimum Gasteiger partial charge on any atom is -0.367 e. The van der Waals surface area contributed by atoms with Crippen LogP contribution in [-0.2, 0) is 4.79 Å². The van der Waals surface area contributed by atoms with E-state index in [-0.39, 0.29) is 11.5 Å². The lowest BCUT2D eigenvalue weighted by Crippen LogP contribution is -2.48. The normalized spacial score (nSPS) is 14.1. The van der Waals surface area contributed by atoms with Gasteiger partial charge >= 0.3 is 0 Å². The van der Waals surface area contributed by atoms with E-state index < -0.39 is 11.7 Å². The average Bonchev–Trinajstić information content (AvgIpc) is 2.69. The third-order valence-corrected chi connectivity index (χ3v) is 5.06. The minimum absolute atomic E-state index is 0.0180. The topological polar surface area (TPSA) is 52.7 Å². The van der Waals surface area contributed by atoms with Crippen molar-refractivity contribution in [3.05, 3.63) is 58.9 Å². The summed E-state index contributed by atoms with van der Waals surface area (Å²) in [6.45, 7) is 4.74. The molecule has 1 saturated heterocycles. The summed E-state index contributed by atoms with van der Waals surface area (Å²) in [5, 5.41) is 3.17. The summed E-state index contributed by atoms with van der Waals surface area (Å²) in [6, 6.07) is 11.1. The Labute approximate surface area is 169 Å². The van der Waals surface area contributed by atoms with E-state index in [9.17, 15) is 14.0 Å². The van der Waals surface area contributed by atoms with Crippen LogP contribution in [0, 0.1) is 5.82 Å². The van der Waals surface area contributed by atoms with Crippen molar-refractivity contribution < 1.29 is 14.0 Å². The SMILES string of the molecule is CCCC(=O)N1CCN(c2ccc(NC(=O)c3ccccc3F)cc2Cl)CC1. The highest BCUT2D eigenvalue weighted by Gasteiger charge is 2.22. The lowest BCUT2D eigenvalue weighted by Gasteiger charge is -2.36. The van der Waals surface area contributed by atoms with Crippen molar-refractivity contribution in [1.29, 1.82) is 0 Å². The number of carbonyl (C=O) groups is 2. The molecule has 3 rings (SSSR count). The number of hydrogen-bond acceptors (Lipinski definition) is 3. The fraction of sp³-hybridized carbons (Fsp3) is 0.333.